The average Bonchev–Trinajstić information content (AvgIpc) is 2.94. The smallest absolute Gasteiger partial charge is 0.175 e. The molecule has 1 aromatic heterocycles. The highest BCUT2D eigenvalue weighted by atomic mass is 35.5. The SMILES string of the molecule is Cc1cccc(Cn2cc(NC(=S)Nc3cccc(Cl)c3)cn2)c1. The third-order valence-electron chi connectivity index (χ3n) is 3.40. The van der Waals surface area contributed by atoms with Gasteiger partial charge in [-0.1, -0.05) is 47.5 Å². The van der Waals surface area contributed by atoms with Crippen molar-refractivity contribution in [3.63, 3.8) is 0 Å². The molecule has 0 amide bonds. The Morgan fingerprint density at radius 2 is 1.92 bits per heavy atom. The van der Waals surface area contributed by atoms with E-state index in [0.717, 1.165) is 17.9 Å². The van der Waals surface area contributed by atoms with Crippen LogP contribution < -0.4 is 10.6 Å². The molecule has 0 spiro atoms. The van der Waals surface area contributed by atoms with Crippen LogP contribution >= 0.6 is 23.8 Å². The lowest BCUT2D eigenvalue weighted by Crippen LogP contribution is -2.18. The van der Waals surface area contributed by atoms with E-state index in [9.17, 15) is 0 Å². The van der Waals surface area contributed by atoms with Gasteiger partial charge >= 0.3 is 0 Å². The molecule has 0 bridgehead atoms. The highest BCUT2D eigenvalue weighted by molar-refractivity contribution is 7.80. The van der Waals surface area contributed by atoms with Crippen molar-refractivity contribution < 1.29 is 0 Å². The lowest BCUT2D eigenvalue weighted by atomic mass is 10.1. The number of anilines is 2. The number of halogens is 1. The van der Waals surface area contributed by atoms with Gasteiger partial charge in [0.15, 0.2) is 5.11 Å². The zero-order valence-corrected chi connectivity index (χ0v) is 14.7. The fourth-order valence-electron chi connectivity index (χ4n) is 2.37. The van der Waals surface area contributed by atoms with Gasteiger partial charge in [0.1, 0.15) is 0 Å². The fraction of sp³-hybridized carbons (Fsp3) is 0.111. The number of thiocarbonyl (C=S) groups is 1. The number of aromatic nitrogens is 2. The summed E-state index contributed by atoms with van der Waals surface area (Å²) in [5, 5.41) is 11.7. The number of hydrogen-bond donors (Lipinski definition) is 2. The molecule has 0 atom stereocenters. The molecular formula is C18H17ClN4S. The Hall–Kier alpha value is -2.37. The molecule has 24 heavy (non-hydrogen) atoms. The van der Waals surface area contributed by atoms with Crippen molar-refractivity contribution in [2.45, 2.75) is 13.5 Å². The first-order valence-corrected chi connectivity index (χ1v) is 8.29. The van der Waals surface area contributed by atoms with Gasteiger partial charge < -0.3 is 10.6 Å². The molecule has 2 N–H and O–H groups in total. The number of benzene rings is 2. The van der Waals surface area contributed by atoms with E-state index >= 15 is 0 Å². The Balaban J connectivity index is 1.60. The zero-order valence-electron chi connectivity index (χ0n) is 13.2. The predicted molar refractivity (Wildman–Crippen MR) is 104 cm³/mol. The normalized spacial score (nSPS) is 10.4. The van der Waals surface area contributed by atoms with Gasteiger partial charge in [0.05, 0.1) is 18.4 Å². The van der Waals surface area contributed by atoms with Crippen molar-refractivity contribution in [2.24, 2.45) is 0 Å². The van der Waals surface area contributed by atoms with Gasteiger partial charge in [-0.05, 0) is 42.9 Å². The highest BCUT2D eigenvalue weighted by Gasteiger charge is 2.03. The standard InChI is InChI=1S/C18H17ClN4S/c1-13-4-2-5-14(8-13)11-23-12-17(10-20-23)22-18(24)21-16-7-3-6-15(19)9-16/h2-10,12H,11H2,1H3,(H2,21,22,24). The molecule has 0 fully saturated rings. The molecule has 0 aliphatic heterocycles. The summed E-state index contributed by atoms with van der Waals surface area (Å²) in [7, 11) is 0. The first kappa shape index (κ1) is 16.5. The molecular weight excluding hydrogens is 340 g/mol. The van der Waals surface area contributed by atoms with Gasteiger partial charge in [-0.3, -0.25) is 4.68 Å². The number of nitrogens with one attached hydrogen (secondary N) is 2. The van der Waals surface area contributed by atoms with Crippen LogP contribution in [0.25, 0.3) is 0 Å². The Bertz CT molecular complexity index is 859. The summed E-state index contributed by atoms with van der Waals surface area (Å²) in [5.74, 6) is 0. The van der Waals surface area contributed by atoms with Crippen LogP contribution in [-0.2, 0) is 6.54 Å². The van der Waals surface area contributed by atoms with E-state index in [1.165, 1.54) is 11.1 Å². The summed E-state index contributed by atoms with van der Waals surface area (Å²) < 4.78 is 1.87. The summed E-state index contributed by atoms with van der Waals surface area (Å²) in [6.45, 7) is 2.80. The van der Waals surface area contributed by atoms with E-state index in [1.54, 1.807) is 6.20 Å². The number of rotatable bonds is 4. The van der Waals surface area contributed by atoms with Gasteiger partial charge in [0, 0.05) is 16.9 Å². The van der Waals surface area contributed by atoms with Gasteiger partial charge in [-0.2, -0.15) is 5.10 Å². The number of aryl methyl sites for hydroxylation is 1. The van der Waals surface area contributed by atoms with Crippen LogP contribution in [-0.4, -0.2) is 14.9 Å². The van der Waals surface area contributed by atoms with E-state index < -0.39 is 0 Å². The van der Waals surface area contributed by atoms with Crippen molar-refractivity contribution in [2.75, 3.05) is 10.6 Å². The Labute approximate surface area is 151 Å². The Morgan fingerprint density at radius 1 is 1.12 bits per heavy atom. The first-order chi connectivity index (χ1) is 11.6. The van der Waals surface area contributed by atoms with E-state index in [0.29, 0.717) is 10.1 Å². The molecule has 3 rings (SSSR count). The van der Waals surface area contributed by atoms with Crippen LogP contribution in [0.3, 0.4) is 0 Å². The van der Waals surface area contributed by atoms with Crippen molar-refractivity contribution >= 4 is 40.3 Å². The third kappa shape index (κ3) is 4.57. The largest absolute Gasteiger partial charge is 0.332 e. The van der Waals surface area contributed by atoms with Crippen molar-refractivity contribution in [1.29, 1.82) is 0 Å². The van der Waals surface area contributed by atoms with Crippen molar-refractivity contribution in [3.8, 4) is 0 Å². The minimum atomic E-state index is 0.493. The van der Waals surface area contributed by atoms with E-state index in [4.69, 9.17) is 23.8 Å². The molecule has 6 heteroatoms. The highest BCUT2D eigenvalue weighted by Crippen LogP contribution is 2.15. The lowest BCUT2D eigenvalue weighted by molar-refractivity contribution is 0.686. The molecule has 3 aromatic rings. The predicted octanol–water partition coefficient (Wildman–Crippen LogP) is 4.70. The van der Waals surface area contributed by atoms with Crippen LogP contribution in [0.4, 0.5) is 11.4 Å². The monoisotopic (exact) mass is 356 g/mol. The summed E-state index contributed by atoms with van der Waals surface area (Å²) >= 11 is 11.3. The molecule has 0 radical (unpaired) electrons. The Morgan fingerprint density at radius 3 is 2.71 bits per heavy atom. The molecule has 0 saturated heterocycles. The summed E-state index contributed by atoms with van der Waals surface area (Å²) in [6.07, 6.45) is 3.68. The molecule has 0 unspecified atom stereocenters. The first-order valence-electron chi connectivity index (χ1n) is 7.50. The molecule has 4 nitrogen and oxygen atoms in total. The van der Waals surface area contributed by atoms with E-state index in [2.05, 4.69) is 46.9 Å². The van der Waals surface area contributed by atoms with Gasteiger partial charge in [-0.15, -0.1) is 0 Å². The minimum absolute atomic E-state index is 0.493. The zero-order chi connectivity index (χ0) is 16.9. The summed E-state index contributed by atoms with van der Waals surface area (Å²) in [4.78, 5) is 0. The molecule has 0 saturated carbocycles. The second kappa shape index (κ2) is 7.47. The third-order valence-corrected chi connectivity index (χ3v) is 3.84. The maximum absolute atomic E-state index is 5.96. The van der Waals surface area contributed by atoms with Crippen LogP contribution in [0.5, 0.6) is 0 Å². The van der Waals surface area contributed by atoms with Crippen LogP contribution in [0.1, 0.15) is 11.1 Å². The van der Waals surface area contributed by atoms with Gasteiger partial charge in [0.2, 0.25) is 0 Å². The van der Waals surface area contributed by atoms with Crippen LogP contribution in [0.2, 0.25) is 5.02 Å². The maximum atomic E-state index is 5.96. The molecule has 2 aromatic carbocycles. The molecule has 0 aliphatic carbocycles. The number of nitrogens with zero attached hydrogens (tertiary/aromatic N) is 2. The summed E-state index contributed by atoms with van der Waals surface area (Å²) in [5.41, 5.74) is 4.13. The summed E-state index contributed by atoms with van der Waals surface area (Å²) in [6, 6.07) is 15.8. The van der Waals surface area contributed by atoms with E-state index in [1.807, 2.05) is 35.1 Å². The van der Waals surface area contributed by atoms with Gasteiger partial charge in [-0.25, -0.2) is 0 Å². The van der Waals surface area contributed by atoms with E-state index in [-0.39, 0.29) is 0 Å². The van der Waals surface area contributed by atoms with Gasteiger partial charge in [0.25, 0.3) is 0 Å². The quantitative estimate of drug-likeness (QED) is 0.665. The van der Waals surface area contributed by atoms with Crippen molar-refractivity contribution in [1.82, 2.24) is 9.78 Å². The second-order valence-electron chi connectivity index (χ2n) is 5.51. The topological polar surface area (TPSA) is 41.9 Å². The van der Waals surface area contributed by atoms with Crippen LogP contribution in [0, 0.1) is 6.92 Å². The maximum Gasteiger partial charge on any atom is 0.175 e. The van der Waals surface area contributed by atoms with Crippen LogP contribution in [0.15, 0.2) is 60.9 Å². The Kier molecular flexibility index (Phi) is 5.13. The number of hydrogen-bond acceptors (Lipinski definition) is 2. The average molecular weight is 357 g/mol. The molecule has 122 valence electrons. The van der Waals surface area contributed by atoms with Crippen molar-refractivity contribution in [3.05, 3.63) is 77.1 Å². The molecule has 1 heterocycles. The lowest BCUT2D eigenvalue weighted by Gasteiger charge is -2.09. The minimum Gasteiger partial charge on any atom is -0.332 e. The fourth-order valence-corrected chi connectivity index (χ4v) is 2.80. The molecule has 0 aliphatic rings. The second-order valence-corrected chi connectivity index (χ2v) is 6.35.